The monoisotopic (exact) mass is 614 g/mol. The van der Waals surface area contributed by atoms with E-state index < -0.39 is 0 Å². The van der Waals surface area contributed by atoms with Crippen LogP contribution in [0, 0.1) is 0 Å². The molecule has 0 aliphatic heterocycles. The van der Waals surface area contributed by atoms with E-state index in [1.54, 1.807) is 35.1 Å². The van der Waals surface area contributed by atoms with Crippen molar-refractivity contribution in [3.63, 3.8) is 0 Å². The number of hydrogen-bond acceptors (Lipinski definition) is 8. The Kier molecular flexibility index (Phi) is 44.8. The first-order chi connectivity index (χ1) is 18.2. The number of hydrogen-bond donors (Lipinski definition) is 0. The minimum absolute atomic E-state index is 0. The summed E-state index contributed by atoms with van der Waals surface area (Å²) in [6.45, 7) is 28.9. The zero-order valence-electron chi connectivity index (χ0n) is 26.4. The summed E-state index contributed by atoms with van der Waals surface area (Å²) in [6.07, 6.45) is 6.95. The van der Waals surface area contributed by atoms with Crippen molar-refractivity contribution in [3.05, 3.63) is 69.2 Å². The quantitative estimate of drug-likeness (QED) is 0.227. The van der Waals surface area contributed by atoms with Crippen LogP contribution in [0.1, 0.15) is 164 Å². The lowest BCUT2D eigenvalue weighted by Gasteiger charge is -1.93. The van der Waals surface area contributed by atoms with Crippen molar-refractivity contribution in [2.45, 2.75) is 143 Å². The highest BCUT2D eigenvalue weighted by Gasteiger charge is 2.00. The normalized spacial score (nSPS) is 8.54. The van der Waals surface area contributed by atoms with E-state index in [1.807, 2.05) is 76.8 Å². The van der Waals surface area contributed by atoms with Crippen LogP contribution in [0.25, 0.3) is 0 Å². The number of aromatic nitrogens is 4. The molecule has 0 bridgehead atoms. The lowest BCUT2D eigenvalue weighted by Crippen LogP contribution is -1.83. The number of nitrogens with zero attached hydrogens (tertiary/aromatic N) is 4. The Balaban J connectivity index is -0.0000000916. The summed E-state index contributed by atoms with van der Waals surface area (Å²) >= 11 is 3.44. The van der Waals surface area contributed by atoms with Gasteiger partial charge >= 0.3 is 0 Å². The Hall–Kier alpha value is -2.32. The summed E-state index contributed by atoms with van der Waals surface area (Å²) < 4.78 is 9.47. The molecule has 4 aromatic heterocycles. The maximum absolute atomic E-state index is 4.84. The summed E-state index contributed by atoms with van der Waals surface area (Å²) in [5, 5.41) is 13.8. The molecule has 0 atom stereocenters. The Morgan fingerprint density at radius 1 is 0.585 bits per heavy atom. The van der Waals surface area contributed by atoms with Crippen molar-refractivity contribution in [1.82, 2.24) is 20.3 Å². The first-order valence-corrected chi connectivity index (χ1v) is 15.6. The van der Waals surface area contributed by atoms with Gasteiger partial charge in [-0.3, -0.25) is 0 Å². The maximum atomic E-state index is 4.84. The Morgan fingerprint density at radius 2 is 1.02 bits per heavy atom. The van der Waals surface area contributed by atoms with Crippen LogP contribution in [0.4, 0.5) is 0 Å². The van der Waals surface area contributed by atoms with Crippen molar-refractivity contribution in [2.24, 2.45) is 0 Å². The highest BCUT2D eigenvalue weighted by Crippen LogP contribution is 2.16. The molecule has 0 saturated heterocycles. The lowest BCUT2D eigenvalue weighted by atomic mass is 10.1. The summed E-state index contributed by atoms with van der Waals surface area (Å²) in [7, 11) is 0. The molecule has 0 radical (unpaired) electrons. The fourth-order valence-corrected chi connectivity index (χ4v) is 3.39. The third-order valence-electron chi connectivity index (χ3n) is 3.97. The molecule has 4 aromatic rings. The van der Waals surface area contributed by atoms with Gasteiger partial charge in [0.05, 0.1) is 21.9 Å². The van der Waals surface area contributed by atoms with Gasteiger partial charge in [0.15, 0.2) is 0 Å². The number of thiazole rings is 2. The van der Waals surface area contributed by atoms with Crippen LogP contribution < -0.4 is 0 Å². The minimum atomic E-state index is 0. The van der Waals surface area contributed by atoms with E-state index in [0.29, 0.717) is 23.7 Å². The Bertz CT molecular complexity index is 735. The average molecular weight is 615 g/mol. The van der Waals surface area contributed by atoms with Gasteiger partial charge in [0.2, 0.25) is 0 Å². The summed E-state index contributed by atoms with van der Waals surface area (Å²) in [6, 6.07) is 3.76. The van der Waals surface area contributed by atoms with Gasteiger partial charge in [-0.1, -0.05) is 130 Å². The van der Waals surface area contributed by atoms with Crippen LogP contribution in [-0.4, -0.2) is 20.3 Å². The topological polar surface area (TPSA) is 77.8 Å². The molecule has 0 amide bonds. The summed E-state index contributed by atoms with van der Waals surface area (Å²) in [5.41, 5.74) is 1.02. The third kappa shape index (κ3) is 27.6. The van der Waals surface area contributed by atoms with Gasteiger partial charge in [-0.05, 0) is 5.92 Å². The van der Waals surface area contributed by atoms with Gasteiger partial charge in [-0.2, -0.15) is 0 Å². The first kappa shape index (κ1) is 51.4. The molecule has 0 saturated carbocycles. The van der Waals surface area contributed by atoms with Gasteiger partial charge in [-0.15, -0.1) is 22.7 Å². The second kappa shape index (κ2) is 35.7. The Labute approximate surface area is 263 Å². The van der Waals surface area contributed by atoms with Gasteiger partial charge in [0.25, 0.3) is 0 Å². The fraction of sp³-hybridized carbons (Fsp3) is 0.636. The van der Waals surface area contributed by atoms with E-state index in [0.717, 1.165) is 11.5 Å². The molecule has 4 heterocycles. The second-order valence-corrected chi connectivity index (χ2v) is 10.1. The van der Waals surface area contributed by atoms with Gasteiger partial charge in [0, 0.05) is 53.0 Å². The van der Waals surface area contributed by atoms with Crippen molar-refractivity contribution in [2.75, 3.05) is 0 Å². The molecule has 0 aliphatic carbocycles. The molecule has 6 nitrogen and oxygen atoms in total. The van der Waals surface area contributed by atoms with Crippen LogP contribution in [-0.2, 0) is 0 Å². The van der Waals surface area contributed by atoms with Crippen molar-refractivity contribution in [3.8, 4) is 0 Å². The molecular weight excluding hydrogens is 549 g/mol. The molecule has 0 spiro atoms. The van der Waals surface area contributed by atoms with Crippen LogP contribution in [0.15, 0.2) is 56.8 Å². The summed E-state index contributed by atoms with van der Waals surface area (Å²) in [4.78, 5) is 8.27. The van der Waals surface area contributed by atoms with E-state index >= 15 is 0 Å². The number of rotatable bonds is 4. The molecule has 8 heteroatoms. The molecular formula is C33H66N4O2S2. The molecule has 242 valence electrons. The van der Waals surface area contributed by atoms with Crippen LogP contribution in [0.2, 0.25) is 0 Å². The fourth-order valence-electron chi connectivity index (χ4n) is 2.08. The van der Waals surface area contributed by atoms with E-state index in [4.69, 9.17) is 4.52 Å². The average Bonchev–Trinajstić information content (AvgIpc) is 3.76. The smallest absolute Gasteiger partial charge is 0.139 e. The van der Waals surface area contributed by atoms with E-state index in [-0.39, 0.29) is 22.3 Å². The second-order valence-electron chi connectivity index (χ2n) is 8.20. The standard InChI is InChI=1S/2C6H9NO.2C6H9NS.3C2H6.3CH4/c1-5(2)6-3-4-8-7-6;1-5(2)6-3-4-7-8-6;2*1-5(2)6-7-3-4-8-6;3*1-2;;;/h4*3-5H,1-2H3;3*1-2H3;3*1H4. The maximum Gasteiger partial charge on any atom is 0.139 e. The highest BCUT2D eigenvalue weighted by molar-refractivity contribution is 7.09. The predicted octanol–water partition coefficient (Wildman–Crippen LogP) is 13.1. The zero-order valence-corrected chi connectivity index (χ0v) is 28.0. The van der Waals surface area contributed by atoms with Crippen molar-refractivity contribution >= 4 is 22.7 Å². The lowest BCUT2D eigenvalue weighted by molar-refractivity contribution is 0.371. The molecule has 0 aromatic carbocycles. The SMILES string of the molecule is C.C.C.CC.CC.CC.CC(C)c1ccno1.CC(C)c1ccon1.CC(C)c1nccs1.CC(C)c1nccs1. The van der Waals surface area contributed by atoms with Crippen molar-refractivity contribution in [1.29, 1.82) is 0 Å². The van der Waals surface area contributed by atoms with Crippen LogP contribution >= 0.6 is 22.7 Å². The van der Waals surface area contributed by atoms with E-state index in [9.17, 15) is 0 Å². The van der Waals surface area contributed by atoms with Crippen molar-refractivity contribution < 1.29 is 9.05 Å². The molecule has 0 aliphatic rings. The van der Waals surface area contributed by atoms with Gasteiger partial charge in [0.1, 0.15) is 12.0 Å². The van der Waals surface area contributed by atoms with Crippen LogP contribution in [0.3, 0.4) is 0 Å². The van der Waals surface area contributed by atoms with Crippen LogP contribution in [0.5, 0.6) is 0 Å². The third-order valence-corrected chi connectivity index (χ3v) is 6.12. The molecule has 0 fully saturated rings. The largest absolute Gasteiger partial charge is 0.365 e. The Morgan fingerprint density at radius 3 is 1.17 bits per heavy atom. The van der Waals surface area contributed by atoms with E-state index in [1.165, 1.54) is 10.0 Å². The zero-order chi connectivity index (χ0) is 29.9. The van der Waals surface area contributed by atoms with Gasteiger partial charge < -0.3 is 9.05 Å². The molecule has 0 N–H and O–H groups in total. The highest BCUT2D eigenvalue weighted by atomic mass is 32.1. The minimum Gasteiger partial charge on any atom is -0.365 e. The molecule has 4 rings (SSSR count). The first-order valence-electron chi connectivity index (χ1n) is 13.8. The van der Waals surface area contributed by atoms with Gasteiger partial charge in [-0.25, -0.2) is 9.97 Å². The van der Waals surface area contributed by atoms with E-state index in [2.05, 4.69) is 80.2 Å². The predicted molar refractivity (Wildman–Crippen MR) is 188 cm³/mol. The summed E-state index contributed by atoms with van der Waals surface area (Å²) in [5.74, 6) is 3.07. The molecule has 41 heavy (non-hydrogen) atoms. The molecule has 0 unspecified atom stereocenters.